The molecule has 0 radical (unpaired) electrons. The highest BCUT2D eigenvalue weighted by Gasteiger charge is 2.29. The van der Waals surface area contributed by atoms with Crippen LogP contribution in [0.3, 0.4) is 0 Å². The number of carbonyl (C=O) groups is 2. The molecule has 2 unspecified atom stereocenters. The maximum Gasteiger partial charge on any atom is 0.303 e. The van der Waals surface area contributed by atoms with Crippen molar-refractivity contribution < 1.29 is 19.4 Å². The molecule has 0 aliphatic carbocycles. The van der Waals surface area contributed by atoms with Crippen LogP contribution in [0.25, 0.3) is 0 Å². The first-order valence-electron chi connectivity index (χ1n) is 5.79. The number of carboxylic acid groups (broad SMARTS) is 1. The SMILES string of the molecule is COCC(N)C(=O)N1CCC(CCC(=O)O)C1. The van der Waals surface area contributed by atoms with Crippen LogP contribution in [0.1, 0.15) is 19.3 Å². The molecular formula is C11H20N2O4. The summed E-state index contributed by atoms with van der Waals surface area (Å²) >= 11 is 0. The molecular weight excluding hydrogens is 224 g/mol. The van der Waals surface area contributed by atoms with E-state index in [9.17, 15) is 9.59 Å². The number of nitrogens with two attached hydrogens (primary N) is 1. The Morgan fingerprint density at radius 3 is 2.88 bits per heavy atom. The minimum Gasteiger partial charge on any atom is -0.481 e. The van der Waals surface area contributed by atoms with Gasteiger partial charge in [0, 0.05) is 26.6 Å². The Morgan fingerprint density at radius 1 is 1.59 bits per heavy atom. The number of rotatable bonds is 6. The van der Waals surface area contributed by atoms with Crippen LogP contribution in [0.2, 0.25) is 0 Å². The van der Waals surface area contributed by atoms with Crippen LogP contribution < -0.4 is 5.73 Å². The molecule has 1 rings (SSSR count). The van der Waals surface area contributed by atoms with Crippen molar-refractivity contribution in [3.05, 3.63) is 0 Å². The second-order valence-corrected chi connectivity index (χ2v) is 4.43. The van der Waals surface area contributed by atoms with Gasteiger partial charge in [0.05, 0.1) is 6.61 Å². The molecule has 1 fully saturated rings. The average Bonchev–Trinajstić information content (AvgIpc) is 2.74. The molecule has 0 spiro atoms. The van der Waals surface area contributed by atoms with Gasteiger partial charge in [-0.25, -0.2) is 0 Å². The third-order valence-electron chi connectivity index (χ3n) is 3.03. The van der Waals surface area contributed by atoms with E-state index in [0.29, 0.717) is 19.5 Å². The molecule has 0 aromatic carbocycles. The van der Waals surface area contributed by atoms with Crippen molar-refractivity contribution in [3.8, 4) is 0 Å². The zero-order valence-electron chi connectivity index (χ0n) is 10.1. The van der Waals surface area contributed by atoms with E-state index >= 15 is 0 Å². The number of nitrogens with zero attached hydrogens (tertiary/aromatic N) is 1. The fraction of sp³-hybridized carbons (Fsp3) is 0.818. The van der Waals surface area contributed by atoms with Crippen molar-refractivity contribution in [2.75, 3.05) is 26.8 Å². The maximum atomic E-state index is 11.8. The normalized spacial score (nSPS) is 21.5. The molecule has 0 aromatic heterocycles. The van der Waals surface area contributed by atoms with Gasteiger partial charge < -0.3 is 20.5 Å². The third kappa shape index (κ3) is 4.32. The molecule has 1 aliphatic heterocycles. The highest BCUT2D eigenvalue weighted by Crippen LogP contribution is 2.21. The molecule has 3 N–H and O–H groups in total. The summed E-state index contributed by atoms with van der Waals surface area (Å²) in [6.07, 6.45) is 1.65. The minimum atomic E-state index is -0.786. The lowest BCUT2D eigenvalue weighted by Crippen LogP contribution is -2.45. The van der Waals surface area contributed by atoms with Crippen LogP contribution in [0.4, 0.5) is 0 Å². The predicted octanol–water partition coefficient (Wildman–Crippen LogP) is -0.327. The summed E-state index contributed by atoms with van der Waals surface area (Å²) in [4.78, 5) is 24.0. The van der Waals surface area contributed by atoms with Gasteiger partial charge in [0.15, 0.2) is 0 Å². The van der Waals surface area contributed by atoms with Gasteiger partial charge in [0.2, 0.25) is 5.91 Å². The Bertz CT molecular complexity index is 283. The molecule has 0 saturated carbocycles. The van der Waals surface area contributed by atoms with E-state index in [1.807, 2.05) is 0 Å². The first-order valence-corrected chi connectivity index (χ1v) is 5.79. The van der Waals surface area contributed by atoms with E-state index in [4.69, 9.17) is 15.6 Å². The van der Waals surface area contributed by atoms with E-state index in [1.54, 1.807) is 4.90 Å². The third-order valence-corrected chi connectivity index (χ3v) is 3.03. The molecule has 1 heterocycles. The Labute approximate surface area is 101 Å². The van der Waals surface area contributed by atoms with Crippen LogP contribution in [0.5, 0.6) is 0 Å². The lowest BCUT2D eigenvalue weighted by molar-refractivity contribution is -0.137. The number of likely N-dealkylation sites (tertiary alicyclic amines) is 1. The van der Waals surface area contributed by atoms with Crippen molar-refractivity contribution in [3.63, 3.8) is 0 Å². The number of carboxylic acids is 1. The van der Waals surface area contributed by atoms with Gasteiger partial charge in [-0.05, 0) is 18.8 Å². The summed E-state index contributed by atoms with van der Waals surface area (Å²) < 4.78 is 4.84. The second-order valence-electron chi connectivity index (χ2n) is 4.43. The number of hydrogen-bond acceptors (Lipinski definition) is 4. The first kappa shape index (κ1) is 13.9. The van der Waals surface area contributed by atoms with Crippen LogP contribution in [0.15, 0.2) is 0 Å². The molecule has 17 heavy (non-hydrogen) atoms. The van der Waals surface area contributed by atoms with Gasteiger partial charge in [0.25, 0.3) is 0 Å². The average molecular weight is 244 g/mol. The lowest BCUT2D eigenvalue weighted by Gasteiger charge is -2.20. The number of hydrogen-bond donors (Lipinski definition) is 2. The molecule has 0 aromatic rings. The Balaban J connectivity index is 2.34. The molecule has 2 atom stereocenters. The summed E-state index contributed by atoms with van der Waals surface area (Å²) in [6, 6.07) is -0.613. The Kier molecular flexibility index (Phi) is 5.37. The van der Waals surface area contributed by atoms with Crippen LogP contribution in [-0.2, 0) is 14.3 Å². The molecule has 1 aliphatic rings. The molecule has 98 valence electrons. The monoisotopic (exact) mass is 244 g/mol. The smallest absolute Gasteiger partial charge is 0.303 e. The lowest BCUT2D eigenvalue weighted by atomic mass is 10.0. The Hall–Kier alpha value is -1.14. The van der Waals surface area contributed by atoms with E-state index in [1.165, 1.54) is 7.11 Å². The topological polar surface area (TPSA) is 92.9 Å². The maximum absolute atomic E-state index is 11.8. The summed E-state index contributed by atoms with van der Waals surface area (Å²) in [6.45, 7) is 1.50. The van der Waals surface area contributed by atoms with Gasteiger partial charge in [-0.3, -0.25) is 9.59 Å². The predicted molar refractivity (Wildman–Crippen MR) is 61.4 cm³/mol. The first-order chi connectivity index (χ1) is 8.04. The van der Waals surface area contributed by atoms with Crippen LogP contribution in [0, 0.1) is 5.92 Å². The van der Waals surface area contributed by atoms with Crippen molar-refractivity contribution >= 4 is 11.9 Å². The summed E-state index contributed by atoms with van der Waals surface area (Å²) in [5, 5.41) is 8.59. The molecule has 1 saturated heterocycles. The zero-order valence-corrected chi connectivity index (χ0v) is 10.1. The highest BCUT2D eigenvalue weighted by atomic mass is 16.5. The zero-order chi connectivity index (χ0) is 12.8. The van der Waals surface area contributed by atoms with Gasteiger partial charge in [-0.1, -0.05) is 0 Å². The fourth-order valence-electron chi connectivity index (χ4n) is 2.08. The number of amides is 1. The summed E-state index contributed by atoms with van der Waals surface area (Å²) in [5.74, 6) is -0.611. The van der Waals surface area contributed by atoms with Crippen molar-refractivity contribution in [1.82, 2.24) is 4.90 Å². The van der Waals surface area contributed by atoms with E-state index in [0.717, 1.165) is 6.42 Å². The summed E-state index contributed by atoms with van der Waals surface area (Å²) in [5.41, 5.74) is 5.66. The van der Waals surface area contributed by atoms with Gasteiger partial charge >= 0.3 is 5.97 Å². The van der Waals surface area contributed by atoms with Gasteiger partial charge in [0.1, 0.15) is 6.04 Å². The van der Waals surface area contributed by atoms with E-state index in [2.05, 4.69) is 0 Å². The second kappa shape index (κ2) is 6.56. The molecule has 6 nitrogen and oxygen atoms in total. The minimum absolute atomic E-state index is 0.107. The number of aliphatic carboxylic acids is 1. The van der Waals surface area contributed by atoms with E-state index < -0.39 is 12.0 Å². The quantitative estimate of drug-likeness (QED) is 0.667. The number of methoxy groups -OCH3 is 1. The number of carbonyl (C=O) groups excluding carboxylic acids is 1. The van der Waals surface area contributed by atoms with Crippen molar-refractivity contribution in [1.29, 1.82) is 0 Å². The largest absolute Gasteiger partial charge is 0.481 e. The molecule has 6 heteroatoms. The summed E-state index contributed by atoms with van der Waals surface area (Å²) in [7, 11) is 1.51. The van der Waals surface area contributed by atoms with Crippen LogP contribution >= 0.6 is 0 Å². The standard InChI is InChI=1S/C11H20N2O4/c1-17-7-9(12)11(16)13-5-4-8(6-13)2-3-10(14)15/h8-9H,2-7,12H2,1H3,(H,14,15). The fourth-order valence-corrected chi connectivity index (χ4v) is 2.08. The Morgan fingerprint density at radius 2 is 2.29 bits per heavy atom. The van der Waals surface area contributed by atoms with Crippen molar-refractivity contribution in [2.24, 2.45) is 11.7 Å². The van der Waals surface area contributed by atoms with E-state index in [-0.39, 0.29) is 24.9 Å². The number of ether oxygens (including phenoxy) is 1. The molecule has 1 amide bonds. The van der Waals surface area contributed by atoms with Gasteiger partial charge in [-0.2, -0.15) is 0 Å². The van der Waals surface area contributed by atoms with Crippen molar-refractivity contribution in [2.45, 2.75) is 25.3 Å². The van der Waals surface area contributed by atoms with Crippen LogP contribution in [-0.4, -0.2) is 54.7 Å². The highest BCUT2D eigenvalue weighted by molar-refractivity contribution is 5.82. The molecule has 0 bridgehead atoms. The van der Waals surface area contributed by atoms with Gasteiger partial charge in [-0.15, -0.1) is 0 Å².